The number of nitrogens with zero attached hydrogens (tertiary/aromatic N) is 4. The van der Waals surface area contributed by atoms with E-state index in [9.17, 15) is 18.8 Å². The lowest BCUT2D eigenvalue weighted by Crippen LogP contribution is -2.42. The molecule has 8 nitrogen and oxygen atoms in total. The molecule has 32 heavy (non-hydrogen) atoms. The molecule has 2 aromatic carbocycles. The van der Waals surface area contributed by atoms with Crippen molar-refractivity contribution in [2.45, 2.75) is 38.5 Å². The fourth-order valence-electron chi connectivity index (χ4n) is 4.46. The Kier molecular flexibility index (Phi) is 5.08. The first kappa shape index (κ1) is 20.2. The molecule has 2 aliphatic rings. The molecule has 1 N–H and O–H groups in total. The van der Waals surface area contributed by atoms with Crippen LogP contribution in [0.4, 0.5) is 4.39 Å². The first-order valence-corrected chi connectivity index (χ1v) is 10.6. The molecule has 0 radical (unpaired) electrons. The number of carbonyl (C=O) groups is 2. The monoisotopic (exact) mass is 435 g/mol. The van der Waals surface area contributed by atoms with E-state index in [-0.39, 0.29) is 43.2 Å². The topological polar surface area (TPSA) is 89.2 Å². The van der Waals surface area contributed by atoms with Gasteiger partial charge in [-0.1, -0.05) is 36.4 Å². The van der Waals surface area contributed by atoms with Gasteiger partial charge in [-0.05, 0) is 41.7 Å². The Balaban J connectivity index is 1.29. The van der Waals surface area contributed by atoms with Crippen molar-refractivity contribution in [3.63, 3.8) is 0 Å². The molecule has 1 atom stereocenters. The number of hydrogen-bond acceptors (Lipinski definition) is 4. The minimum Gasteiger partial charge on any atom is -0.348 e. The summed E-state index contributed by atoms with van der Waals surface area (Å²) in [6.45, 7) is 0.541. The summed E-state index contributed by atoms with van der Waals surface area (Å²) in [7, 11) is 0. The van der Waals surface area contributed by atoms with Crippen molar-refractivity contribution >= 4 is 11.8 Å². The predicted molar refractivity (Wildman–Crippen MR) is 113 cm³/mol. The van der Waals surface area contributed by atoms with E-state index >= 15 is 0 Å². The number of amides is 2. The number of carbonyl (C=O) groups excluding carboxylic acids is 2. The fraction of sp³-hybridized carbons (Fsp3) is 0.304. The second-order valence-corrected chi connectivity index (χ2v) is 8.13. The molecule has 2 heterocycles. The molecular weight excluding hydrogens is 413 g/mol. The quantitative estimate of drug-likeness (QED) is 0.660. The van der Waals surface area contributed by atoms with Gasteiger partial charge in [0.1, 0.15) is 12.4 Å². The van der Waals surface area contributed by atoms with Crippen LogP contribution in [0.25, 0.3) is 0 Å². The summed E-state index contributed by atoms with van der Waals surface area (Å²) in [4.78, 5) is 39.7. The van der Waals surface area contributed by atoms with Gasteiger partial charge < -0.3 is 10.2 Å². The lowest BCUT2D eigenvalue weighted by molar-refractivity contribution is -0.122. The van der Waals surface area contributed by atoms with E-state index in [1.807, 2.05) is 18.2 Å². The standard InChI is InChI=1S/C23H22FN5O3/c24-17-6-3-4-15(12-17)13-27-10-11-28-21(22(27)31)26-29(23(28)32)14-20(30)25-19-9-8-16-5-1-2-7-18(16)19/h1-7,12,19H,8-11,13-14H2,(H,25,30)/t19-/m1/s1. The van der Waals surface area contributed by atoms with Crippen molar-refractivity contribution in [1.82, 2.24) is 24.6 Å². The molecule has 0 saturated carbocycles. The minimum atomic E-state index is -0.485. The largest absolute Gasteiger partial charge is 0.348 e. The molecule has 0 spiro atoms. The minimum absolute atomic E-state index is 0.00309. The third-order valence-electron chi connectivity index (χ3n) is 6.02. The van der Waals surface area contributed by atoms with Crippen molar-refractivity contribution in [1.29, 1.82) is 0 Å². The molecule has 1 aliphatic heterocycles. The van der Waals surface area contributed by atoms with Gasteiger partial charge in [0.2, 0.25) is 11.7 Å². The molecule has 9 heteroatoms. The summed E-state index contributed by atoms with van der Waals surface area (Å²) in [6.07, 6.45) is 1.71. The first-order chi connectivity index (χ1) is 15.5. The summed E-state index contributed by atoms with van der Waals surface area (Å²) in [5.41, 5.74) is 2.49. The van der Waals surface area contributed by atoms with Crippen molar-refractivity contribution in [3.8, 4) is 0 Å². The van der Waals surface area contributed by atoms with Crippen molar-refractivity contribution in [2.24, 2.45) is 0 Å². The van der Waals surface area contributed by atoms with Gasteiger partial charge >= 0.3 is 5.69 Å². The number of aryl methyl sites for hydroxylation is 1. The highest BCUT2D eigenvalue weighted by atomic mass is 19.1. The lowest BCUT2D eigenvalue weighted by Gasteiger charge is -2.26. The zero-order valence-electron chi connectivity index (χ0n) is 17.3. The first-order valence-electron chi connectivity index (χ1n) is 10.6. The molecule has 0 bridgehead atoms. The summed E-state index contributed by atoms with van der Waals surface area (Å²) in [6, 6.07) is 13.9. The van der Waals surface area contributed by atoms with Gasteiger partial charge in [0, 0.05) is 19.6 Å². The van der Waals surface area contributed by atoms with Crippen LogP contribution >= 0.6 is 0 Å². The summed E-state index contributed by atoms with van der Waals surface area (Å²) in [5.74, 6) is -1.12. The van der Waals surface area contributed by atoms with Gasteiger partial charge in [-0.15, -0.1) is 5.10 Å². The number of halogens is 1. The van der Waals surface area contributed by atoms with Crippen LogP contribution in [0.15, 0.2) is 53.3 Å². The maximum Gasteiger partial charge on any atom is 0.346 e. The van der Waals surface area contributed by atoms with Gasteiger partial charge in [-0.25, -0.2) is 13.9 Å². The fourth-order valence-corrected chi connectivity index (χ4v) is 4.46. The van der Waals surface area contributed by atoms with Gasteiger partial charge in [-0.2, -0.15) is 0 Å². The third-order valence-corrected chi connectivity index (χ3v) is 6.02. The number of rotatable bonds is 5. The van der Waals surface area contributed by atoms with Gasteiger partial charge in [0.15, 0.2) is 0 Å². The maximum atomic E-state index is 13.5. The molecule has 5 rings (SSSR count). The van der Waals surface area contributed by atoms with Crippen molar-refractivity contribution in [2.75, 3.05) is 6.54 Å². The van der Waals surface area contributed by atoms with Crippen LogP contribution in [0.5, 0.6) is 0 Å². The molecular formula is C23H22FN5O3. The highest BCUT2D eigenvalue weighted by Crippen LogP contribution is 2.30. The summed E-state index contributed by atoms with van der Waals surface area (Å²) < 4.78 is 15.8. The normalized spacial score (nSPS) is 17.2. The number of hydrogen-bond donors (Lipinski definition) is 1. The van der Waals surface area contributed by atoms with E-state index in [1.165, 1.54) is 27.2 Å². The highest BCUT2D eigenvalue weighted by Gasteiger charge is 2.30. The second kappa shape index (κ2) is 8.07. The van der Waals surface area contributed by atoms with Crippen LogP contribution < -0.4 is 11.0 Å². The Bertz CT molecular complexity index is 1260. The van der Waals surface area contributed by atoms with E-state index in [0.29, 0.717) is 12.1 Å². The number of nitrogens with one attached hydrogen (secondary N) is 1. The third kappa shape index (κ3) is 3.70. The van der Waals surface area contributed by atoms with E-state index in [1.54, 1.807) is 12.1 Å². The molecule has 1 aliphatic carbocycles. The molecule has 3 aromatic rings. The molecule has 0 saturated heterocycles. The van der Waals surface area contributed by atoms with E-state index < -0.39 is 11.6 Å². The Morgan fingerprint density at radius 1 is 1.12 bits per heavy atom. The lowest BCUT2D eigenvalue weighted by atomic mass is 10.1. The van der Waals surface area contributed by atoms with Crippen LogP contribution in [-0.2, 0) is 30.8 Å². The van der Waals surface area contributed by atoms with Crippen molar-refractivity contribution < 1.29 is 14.0 Å². The van der Waals surface area contributed by atoms with Crippen LogP contribution in [0.2, 0.25) is 0 Å². The van der Waals surface area contributed by atoms with Crippen LogP contribution in [0, 0.1) is 5.82 Å². The zero-order chi connectivity index (χ0) is 22.2. The van der Waals surface area contributed by atoms with Crippen LogP contribution in [-0.4, -0.2) is 37.6 Å². The van der Waals surface area contributed by atoms with Crippen LogP contribution in [0.3, 0.4) is 0 Å². The smallest absolute Gasteiger partial charge is 0.346 e. The molecule has 1 aromatic heterocycles. The zero-order valence-corrected chi connectivity index (χ0v) is 17.3. The van der Waals surface area contributed by atoms with Crippen molar-refractivity contribution in [3.05, 3.63) is 87.3 Å². The molecule has 0 unspecified atom stereocenters. The van der Waals surface area contributed by atoms with Gasteiger partial charge in [-0.3, -0.25) is 14.2 Å². The number of benzene rings is 2. The van der Waals surface area contributed by atoms with E-state index in [4.69, 9.17) is 0 Å². The second-order valence-electron chi connectivity index (χ2n) is 8.13. The Morgan fingerprint density at radius 2 is 1.97 bits per heavy atom. The van der Waals surface area contributed by atoms with Gasteiger partial charge in [0.25, 0.3) is 5.91 Å². The molecule has 164 valence electrons. The van der Waals surface area contributed by atoms with Gasteiger partial charge in [0.05, 0.1) is 6.04 Å². The SMILES string of the molecule is O=C(Cn1nc2n(c1=O)CCN(Cc1cccc(F)c1)C2=O)N[C@@H]1CCc2ccccc21. The Morgan fingerprint density at radius 3 is 2.81 bits per heavy atom. The Labute approximate surface area is 183 Å². The average Bonchev–Trinajstić information content (AvgIpc) is 3.32. The molecule has 2 amide bonds. The maximum absolute atomic E-state index is 13.5. The number of aromatic nitrogens is 3. The summed E-state index contributed by atoms with van der Waals surface area (Å²) >= 11 is 0. The average molecular weight is 435 g/mol. The van der Waals surface area contributed by atoms with E-state index in [0.717, 1.165) is 23.1 Å². The Hall–Kier alpha value is -3.75. The van der Waals surface area contributed by atoms with Crippen LogP contribution in [0.1, 0.15) is 39.8 Å². The van der Waals surface area contributed by atoms with E-state index in [2.05, 4.69) is 16.5 Å². The molecule has 0 fully saturated rings. The predicted octanol–water partition coefficient (Wildman–Crippen LogP) is 1.64. The number of fused-ring (bicyclic) bond motifs is 2. The highest BCUT2D eigenvalue weighted by molar-refractivity contribution is 5.91. The summed E-state index contributed by atoms with van der Waals surface area (Å²) in [5, 5.41) is 7.11.